The minimum absolute atomic E-state index is 0.0122. The molecule has 0 unspecified atom stereocenters. The summed E-state index contributed by atoms with van der Waals surface area (Å²) in [6.45, 7) is 1.41. The molecule has 0 spiro atoms. The Balaban J connectivity index is 1.62. The third kappa shape index (κ3) is 2.07. The molecule has 3 aromatic rings. The highest BCUT2D eigenvalue weighted by Crippen LogP contribution is 2.24. The Bertz CT molecular complexity index is 810. The second kappa shape index (κ2) is 4.88. The summed E-state index contributed by atoms with van der Waals surface area (Å²) >= 11 is 1.42. The molecule has 3 heterocycles. The first-order valence-corrected chi connectivity index (χ1v) is 7.50. The van der Waals surface area contributed by atoms with Crippen LogP contribution >= 0.6 is 11.5 Å². The van der Waals surface area contributed by atoms with E-state index in [1.807, 2.05) is 24.3 Å². The van der Waals surface area contributed by atoms with Crippen LogP contribution < -0.4 is 4.90 Å². The zero-order valence-electron chi connectivity index (χ0n) is 11.1. The molecule has 1 aliphatic rings. The van der Waals surface area contributed by atoms with Gasteiger partial charge in [-0.25, -0.2) is 4.68 Å². The second-order valence-electron chi connectivity index (χ2n) is 4.90. The van der Waals surface area contributed by atoms with Gasteiger partial charge in [0.15, 0.2) is 0 Å². The molecule has 0 saturated carbocycles. The van der Waals surface area contributed by atoms with Gasteiger partial charge in [-0.3, -0.25) is 9.69 Å². The van der Waals surface area contributed by atoms with Gasteiger partial charge in [-0.15, -0.1) is 0 Å². The van der Waals surface area contributed by atoms with E-state index in [0.29, 0.717) is 12.5 Å². The summed E-state index contributed by atoms with van der Waals surface area (Å²) in [5.41, 5.74) is 0.824. The molecule has 0 atom stereocenters. The third-order valence-electron chi connectivity index (χ3n) is 3.58. The van der Waals surface area contributed by atoms with E-state index in [2.05, 4.69) is 19.9 Å². The highest BCUT2D eigenvalue weighted by atomic mass is 32.1. The van der Waals surface area contributed by atoms with Crippen LogP contribution in [-0.4, -0.2) is 37.0 Å². The molecular formula is C13H12N6OS. The summed E-state index contributed by atoms with van der Waals surface area (Å²) in [5, 5.41) is 12.5. The molecule has 4 rings (SSSR count). The van der Waals surface area contributed by atoms with Crippen LogP contribution in [0.1, 0.15) is 12.1 Å². The van der Waals surface area contributed by atoms with E-state index >= 15 is 0 Å². The fourth-order valence-corrected chi connectivity index (χ4v) is 3.35. The molecule has 2 aromatic heterocycles. The molecule has 0 radical (unpaired) electrons. The van der Waals surface area contributed by atoms with Gasteiger partial charge in [0.1, 0.15) is 0 Å². The molecule has 1 amide bonds. The van der Waals surface area contributed by atoms with Crippen LogP contribution in [0.25, 0.3) is 10.1 Å². The van der Waals surface area contributed by atoms with E-state index in [1.54, 1.807) is 9.58 Å². The maximum atomic E-state index is 12.6. The molecule has 0 fully saturated rings. The third-order valence-corrected chi connectivity index (χ3v) is 4.44. The Morgan fingerprint density at radius 2 is 2.19 bits per heavy atom. The molecule has 0 aliphatic carbocycles. The topological polar surface area (TPSA) is 76.8 Å². The molecule has 0 bridgehead atoms. The first kappa shape index (κ1) is 12.4. The summed E-state index contributed by atoms with van der Waals surface area (Å²) in [6.07, 6.45) is 1.14. The summed E-state index contributed by atoms with van der Waals surface area (Å²) in [7, 11) is 0. The van der Waals surface area contributed by atoms with Crippen LogP contribution in [0, 0.1) is 0 Å². The van der Waals surface area contributed by atoms with Crippen molar-refractivity contribution in [2.75, 3.05) is 11.4 Å². The summed E-state index contributed by atoms with van der Waals surface area (Å²) < 4.78 is 7.18. The highest BCUT2D eigenvalue weighted by molar-refractivity contribution is 7.13. The average Bonchev–Trinajstić information content (AvgIpc) is 3.14. The van der Waals surface area contributed by atoms with Gasteiger partial charge in [-0.1, -0.05) is 23.3 Å². The Morgan fingerprint density at radius 1 is 1.29 bits per heavy atom. The highest BCUT2D eigenvalue weighted by Gasteiger charge is 2.26. The number of rotatable bonds is 2. The molecule has 21 heavy (non-hydrogen) atoms. The lowest BCUT2D eigenvalue weighted by molar-refractivity contribution is -0.118. The predicted molar refractivity (Wildman–Crippen MR) is 78.1 cm³/mol. The number of fused-ring (bicyclic) bond motifs is 2. The lowest BCUT2D eigenvalue weighted by Crippen LogP contribution is -2.39. The number of amides is 1. The zero-order valence-corrected chi connectivity index (χ0v) is 12.0. The van der Waals surface area contributed by atoms with Gasteiger partial charge in [0, 0.05) is 18.5 Å². The summed E-state index contributed by atoms with van der Waals surface area (Å²) in [6, 6.07) is 7.96. The predicted octanol–water partition coefficient (Wildman–Crippen LogP) is 1.26. The van der Waals surface area contributed by atoms with Crippen molar-refractivity contribution in [1.29, 1.82) is 0 Å². The van der Waals surface area contributed by atoms with Crippen molar-refractivity contribution in [3.63, 3.8) is 0 Å². The standard InChI is InChI=1S/C13H12N6OS/c20-12(18-6-3-7-19-13(18)14-16-17-19)8-10-9-4-1-2-5-11(9)21-15-10/h1-2,4-5H,3,6-8H2. The van der Waals surface area contributed by atoms with E-state index in [1.165, 1.54) is 11.5 Å². The van der Waals surface area contributed by atoms with Crippen LogP contribution in [0.3, 0.4) is 0 Å². The van der Waals surface area contributed by atoms with Crippen molar-refractivity contribution in [2.45, 2.75) is 19.4 Å². The molecular weight excluding hydrogens is 288 g/mol. The van der Waals surface area contributed by atoms with Crippen LogP contribution in [0.2, 0.25) is 0 Å². The summed E-state index contributed by atoms with van der Waals surface area (Å²) in [5.74, 6) is 0.521. The maximum absolute atomic E-state index is 12.6. The van der Waals surface area contributed by atoms with Crippen molar-refractivity contribution >= 4 is 33.5 Å². The number of benzene rings is 1. The largest absolute Gasteiger partial charge is 0.279 e. The molecule has 1 aromatic carbocycles. The first-order valence-electron chi connectivity index (χ1n) is 6.73. The fourth-order valence-electron chi connectivity index (χ4n) is 2.56. The van der Waals surface area contributed by atoms with Crippen LogP contribution in [0.5, 0.6) is 0 Å². The maximum Gasteiger partial charge on any atom is 0.252 e. The van der Waals surface area contributed by atoms with Gasteiger partial charge in [-0.05, 0) is 34.4 Å². The number of anilines is 1. The fraction of sp³-hybridized carbons (Fsp3) is 0.308. The molecule has 7 nitrogen and oxygen atoms in total. The monoisotopic (exact) mass is 300 g/mol. The van der Waals surface area contributed by atoms with Crippen molar-refractivity contribution in [1.82, 2.24) is 24.6 Å². The van der Waals surface area contributed by atoms with Crippen molar-refractivity contribution in [2.24, 2.45) is 0 Å². The number of carbonyl (C=O) groups excluding carboxylic acids is 1. The van der Waals surface area contributed by atoms with E-state index in [4.69, 9.17) is 0 Å². The van der Waals surface area contributed by atoms with Gasteiger partial charge in [0.25, 0.3) is 5.95 Å². The van der Waals surface area contributed by atoms with Gasteiger partial charge in [0.05, 0.1) is 16.8 Å². The van der Waals surface area contributed by atoms with Crippen molar-refractivity contribution in [3.05, 3.63) is 30.0 Å². The van der Waals surface area contributed by atoms with Gasteiger partial charge in [-0.2, -0.15) is 4.37 Å². The smallest absolute Gasteiger partial charge is 0.252 e. The van der Waals surface area contributed by atoms with Crippen LogP contribution in [-0.2, 0) is 17.8 Å². The quantitative estimate of drug-likeness (QED) is 0.712. The number of hydrogen-bond acceptors (Lipinski definition) is 6. The van der Waals surface area contributed by atoms with Crippen molar-refractivity contribution < 1.29 is 4.79 Å². The Morgan fingerprint density at radius 3 is 3.14 bits per heavy atom. The SMILES string of the molecule is O=C(Cc1nsc2ccccc12)N1CCCn2nnnc21. The lowest BCUT2D eigenvalue weighted by atomic mass is 10.1. The van der Waals surface area contributed by atoms with Crippen molar-refractivity contribution in [3.8, 4) is 0 Å². The molecule has 1 aliphatic heterocycles. The normalized spacial score (nSPS) is 14.4. The van der Waals surface area contributed by atoms with E-state index in [0.717, 1.165) is 28.7 Å². The number of hydrogen-bond donors (Lipinski definition) is 0. The molecule has 0 N–H and O–H groups in total. The van der Waals surface area contributed by atoms with Gasteiger partial charge >= 0.3 is 0 Å². The molecule has 0 saturated heterocycles. The number of nitrogens with zero attached hydrogens (tertiary/aromatic N) is 6. The second-order valence-corrected chi connectivity index (χ2v) is 5.71. The Labute approximate surface area is 124 Å². The van der Waals surface area contributed by atoms with E-state index in [-0.39, 0.29) is 12.3 Å². The number of tetrazole rings is 1. The Kier molecular flexibility index (Phi) is 2.88. The zero-order chi connectivity index (χ0) is 14.2. The number of aromatic nitrogens is 5. The van der Waals surface area contributed by atoms with Crippen LogP contribution in [0.15, 0.2) is 24.3 Å². The van der Waals surface area contributed by atoms with E-state index < -0.39 is 0 Å². The molecule has 106 valence electrons. The summed E-state index contributed by atoms with van der Waals surface area (Å²) in [4.78, 5) is 14.2. The van der Waals surface area contributed by atoms with E-state index in [9.17, 15) is 4.79 Å². The van der Waals surface area contributed by atoms with Gasteiger partial charge in [0.2, 0.25) is 5.91 Å². The minimum atomic E-state index is -0.0122. The van der Waals surface area contributed by atoms with Crippen LogP contribution in [0.4, 0.5) is 5.95 Å². The lowest BCUT2D eigenvalue weighted by Gasteiger charge is -2.24. The van der Waals surface area contributed by atoms with Gasteiger partial charge < -0.3 is 0 Å². The first-order chi connectivity index (χ1) is 10.3. The number of aryl methyl sites for hydroxylation is 1. The average molecular weight is 300 g/mol. The minimum Gasteiger partial charge on any atom is -0.279 e. The Hall–Kier alpha value is -2.35. The molecule has 8 heteroatoms. The number of carbonyl (C=O) groups is 1.